The second kappa shape index (κ2) is 3.63. The van der Waals surface area contributed by atoms with Crippen molar-refractivity contribution in [3.63, 3.8) is 0 Å². The summed E-state index contributed by atoms with van der Waals surface area (Å²) < 4.78 is 1.04. The monoisotopic (exact) mass is 235 g/mol. The van der Waals surface area contributed by atoms with Gasteiger partial charge in [-0.1, -0.05) is 0 Å². The van der Waals surface area contributed by atoms with Gasteiger partial charge in [-0.25, -0.2) is 4.68 Å². The summed E-state index contributed by atoms with van der Waals surface area (Å²) in [5.74, 6) is 5.81. The van der Waals surface area contributed by atoms with E-state index in [-0.39, 0.29) is 23.1 Å². The summed E-state index contributed by atoms with van der Waals surface area (Å²) in [4.78, 5) is 10.1. The van der Waals surface area contributed by atoms with Crippen LogP contribution in [-0.2, 0) is 0 Å². The second-order valence-electron chi connectivity index (χ2n) is 3.28. The number of aromatic nitrogens is 3. The Morgan fingerprint density at radius 3 is 2.53 bits per heavy atom. The third-order valence-electron chi connectivity index (χ3n) is 2.21. The molecule has 17 heavy (non-hydrogen) atoms. The van der Waals surface area contributed by atoms with Crippen LogP contribution in [-0.4, -0.2) is 19.8 Å². The zero-order valence-electron chi connectivity index (χ0n) is 8.57. The van der Waals surface area contributed by atoms with Gasteiger partial charge >= 0.3 is 0 Å². The van der Waals surface area contributed by atoms with E-state index < -0.39 is 4.92 Å². The van der Waals surface area contributed by atoms with E-state index in [1.807, 2.05) is 0 Å². The fourth-order valence-electron chi connectivity index (χ4n) is 1.34. The molecule has 0 radical (unpaired) electrons. The predicted molar refractivity (Wildman–Crippen MR) is 61.1 cm³/mol. The van der Waals surface area contributed by atoms with Crippen molar-refractivity contribution in [3.8, 4) is 11.4 Å². The van der Waals surface area contributed by atoms with E-state index in [2.05, 4.69) is 10.2 Å². The molecule has 0 amide bonds. The molecule has 2 aromatic rings. The van der Waals surface area contributed by atoms with Gasteiger partial charge in [0.05, 0.1) is 4.92 Å². The summed E-state index contributed by atoms with van der Waals surface area (Å²) in [6.45, 7) is 0. The minimum Gasteiger partial charge on any atom is -0.393 e. The molecule has 88 valence electrons. The topological polar surface area (TPSA) is 152 Å². The van der Waals surface area contributed by atoms with Crippen LogP contribution < -0.4 is 17.3 Å². The van der Waals surface area contributed by atoms with Crippen molar-refractivity contribution in [2.75, 3.05) is 17.3 Å². The van der Waals surface area contributed by atoms with Gasteiger partial charge in [-0.15, -0.1) is 10.2 Å². The second-order valence-corrected chi connectivity index (χ2v) is 3.28. The van der Waals surface area contributed by atoms with Crippen LogP contribution in [0.25, 0.3) is 11.4 Å². The van der Waals surface area contributed by atoms with E-state index in [1.54, 1.807) is 6.07 Å². The average Bonchev–Trinajstić information content (AvgIpc) is 2.60. The van der Waals surface area contributed by atoms with Crippen molar-refractivity contribution in [2.45, 2.75) is 0 Å². The maximum atomic E-state index is 10.7. The van der Waals surface area contributed by atoms with Gasteiger partial charge in [0.15, 0.2) is 5.82 Å². The Labute approximate surface area is 95.0 Å². The first-order valence-electron chi connectivity index (χ1n) is 4.51. The van der Waals surface area contributed by atoms with E-state index >= 15 is 0 Å². The molecule has 1 heterocycles. The fraction of sp³-hybridized carbons (Fsp3) is 0. The summed E-state index contributed by atoms with van der Waals surface area (Å²) in [7, 11) is 0. The first kappa shape index (κ1) is 10.7. The number of hydrogen-bond acceptors (Lipinski definition) is 7. The van der Waals surface area contributed by atoms with Crippen LogP contribution in [0, 0.1) is 10.1 Å². The first-order valence-corrected chi connectivity index (χ1v) is 4.51. The van der Waals surface area contributed by atoms with E-state index in [0.717, 1.165) is 4.68 Å². The standard InChI is InChI=1S/C8H9N7O2/c9-5-2-1-4(3-6(5)15(16)17)7-12-13-8(10)14(7)11/h1-3H,9,11H2,(H2,10,13). The van der Waals surface area contributed by atoms with Crippen LogP contribution in [0.15, 0.2) is 18.2 Å². The first-order chi connectivity index (χ1) is 8.00. The zero-order chi connectivity index (χ0) is 12.6. The summed E-state index contributed by atoms with van der Waals surface area (Å²) in [6.07, 6.45) is 0. The van der Waals surface area contributed by atoms with Crippen LogP contribution in [0.5, 0.6) is 0 Å². The quantitative estimate of drug-likeness (QED) is 0.280. The molecule has 9 heteroatoms. The summed E-state index contributed by atoms with van der Waals surface area (Å²) in [5.41, 5.74) is 11.1. The number of anilines is 2. The van der Waals surface area contributed by atoms with Crippen LogP contribution in [0.3, 0.4) is 0 Å². The Balaban J connectivity index is 2.58. The number of nitrogen functional groups attached to an aromatic ring is 3. The molecule has 0 unspecified atom stereocenters. The van der Waals surface area contributed by atoms with Crippen molar-refractivity contribution < 1.29 is 4.92 Å². The Bertz CT molecular complexity index is 592. The average molecular weight is 235 g/mol. The van der Waals surface area contributed by atoms with Crippen LogP contribution in [0.1, 0.15) is 0 Å². The van der Waals surface area contributed by atoms with Crippen molar-refractivity contribution in [1.29, 1.82) is 0 Å². The van der Waals surface area contributed by atoms with Gasteiger partial charge in [0, 0.05) is 11.6 Å². The minimum atomic E-state index is -0.584. The molecule has 0 bridgehead atoms. The van der Waals surface area contributed by atoms with E-state index in [1.165, 1.54) is 12.1 Å². The summed E-state index contributed by atoms with van der Waals surface area (Å²) in [5, 5.41) is 18.0. The maximum Gasteiger partial charge on any atom is 0.292 e. The maximum absolute atomic E-state index is 10.7. The highest BCUT2D eigenvalue weighted by molar-refractivity contribution is 5.69. The molecule has 1 aromatic heterocycles. The van der Waals surface area contributed by atoms with Crippen LogP contribution in [0.2, 0.25) is 0 Å². The minimum absolute atomic E-state index is 0.0134. The van der Waals surface area contributed by atoms with Gasteiger partial charge in [0.1, 0.15) is 5.69 Å². The normalized spacial score (nSPS) is 10.4. The van der Waals surface area contributed by atoms with Crippen molar-refractivity contribution >= 4 is 17.3 Å². The molecular formula is C8H9N7O2. The molecule has 0 atom stereocenters. The number of hydrogen-bond donors (Lipinski definition) is 3. The molecule has 0 spiro atoms. The molecule has 0 aliphatic heterocycles. The molecular weight excluding hydrogens is 226 g/mol. The third kappa shape index (κ3) is 1.69. The lowest BCUT2D eigenvalue weighted by molar-refractivity contribution is -0.383. The Morgan fingerprint density at radius 1 is 1.29 bits per heavy atom. The molecule has 0 fully saturated rings. The molecule has 1 aromatic carbocycles. The largest absolute Gasteiger partial charge is 0.393 e. The molecule has 2 rings (SSSR count). The molecule has 0 saturated carbocycles. The molecule has 9 nitrogen and oxygen atoms in total. The van der Waals surface area contributed by atoms with Gasteiger partial charge in [0.25, 0.3) is 5.69 Å². The van der Waals surface area contributed by atoms with Crippen LogP contribution in [0.4, 0.5) is 17.3 Å². The number of rotatable bonds is 2. The lowest BCUT2D eigenvalue weighted by Gasteiger charge is -2.02. The smallest absolute Gasteiger partial charge is 0.292 e. The molecule has 0 saturated heterocycles. The Hall–Kier alpha value is -2.84. The predicted octanol–water partition coefficient (Wildman–Crippen LogP) is -0.268. The number of nitrogens with two attached hydrogens (primary N) is 3. The van der Waals surface area contributed by atoms with E-state index in [4.69, 9.17) is 17.3 Å². The van der Waals surface area contributed by atoms with Crippen molar-refractivity contribution in [1.82, 2.24) is 14.9 Å². The lowest BCUT2D eigenvalue weighted by Crippen LogP contribution is -2.13. The summed E-state index contributed by atoms with van der Waals surface area (Å²) >= 11 is 0. The van der Waals surface area contributed by atoms with Gasteiger partial charge in [-0.2, -0.15) is 0 Å². The fourth-order valence-corrected chi connectivity index (χ4v) is 1.34. The number of benzene rings is 1. The van der Waals surface area contributed by atoms with Crippen molar-refractivity contribution in [3.05, 3.63) is 28.3 Å². The number of nitro groups is 1. The van der Waals surface area contributed by atoms with Gasteiger partial charge in [0.2, 0.25) is 5.95 Å². The molecule has 0 aliphatic carbocycles. The van der Waals surface area contributed by atoms with Gasteiger partial charge < -0.3 is 17.3 Å². The third-order valence-corrected chi connectivity index (χ3v) is 2.21. The Morgan fingerprint density at radius 2 is 2.00 bits per heavy atom. The number of nitrogens with zero attached hydrogens (tertiary/aromatic N) is 4. The van der Waals surface area contributed by atoms with Gasteiger partial charge in [-0.05, 0) is 12.1 Å². The highest BCUT2D eigenvalue weighted by atomic mass is 16.6. The van der Waals surface area contributed by atoms with Crippen molar-refractivity contribution in [2.24, 2.45) is 0 Å². The van der Waals surface area contributed by atoms with E-state index in [9.17, 15) is 10.1 Å². The number of nitro benzene ring substituents is 1. The molecule has 0 aliphatic rings. The SMILES string of the molecule is Nc1ccc(-c2nnc(N)n2N)cc1[N+](=O)[O-]. The van der Waals surface area contributed by atoms with Crippen LogP contribution >= 0.6 is 0 Å². The summed E-state index contributed by atoms with van der Waals surface area (Å²) in [6, 6.07) is 4.22. The Kier molecular flexibility index (Phi) is 2.28. The highest BCUT2D eigenvalue weighted by Crippen LogP contribution is 2.27. The lowest BCUT2D eigenvalue weighted by atomic mass is 10.1. The van der Waals surface area contributed by atoms with E-state index in [0.29, 0.717) is 5.56 Å². The van der Waals surface area contributed by atoms with Gasteiger partial charge in [-0.3, -0.25) is 10.1 Å². The molecule has 6 N–H and O–H groups in total. The zero-order valence-corrected chi connectivity index (χ0v) is 8.57. The highest BCUT2D eigenvalue weighted by Gasteiger charge is 2.16.